The minimum absolute atomic E-state index is 0.0105. The maximum atomic E-state index is 13.1. The van der Waals surface area contributed by atoms with Crippen LogP contribution in [0.15, 0.2) is 54.1 Å². The summed E-state index contributed by atoms with van der Waals surface area (Å²) in [5, 5.41) is 11.1. The first-order chi connectivity index (χ1) is 14.9. The number of aliphatic hydroxyl groups excluding tert-OH is 1. The van der Waals surface area contributed by atoms with Crippen molar-refractivity contribution in [2.75, 3.05) is 0 Å². The average molecular weight is 420 g/mol. The molecule has 1 N–H and O–H groups in total. The highest BCUT2D eigenvalue weighted by Gasteiger charge is 2.49. The van der Waals surface area contributed by atoms with Crippen LogP contribution in [0.3, 0.4) is 0 Å². The third-order valence-corrected chi connectivity index (χ3v) is 6.09. The standard InChI is InChI=1S/C26H29NO4/c1-16(2)31-21-14-12-18(13-15-21)23-22(24(28)19-10-8-17(3)9-11-19)25(29)26(30)27(23)20-6-4-5-7-20/h8-16,20,23,28H,4-7H2,1-3H3/b24-22-. The van der Waals surface area contributed by atoms with E-state index in [0.29, 0.717) is 5.56 Å². The molecule has 1 saturated heterocycles. The predicted molar refractivity (Wildman–Crippen MR) is 120 cm³/mol. The van der Waals surface area contributed by atoms with Crippen molar-refractivity contribution in [3.63, 3.8) is 0 Å². The summed E-state index contributed by atoms with van der Waals surface area (Å²) in [5.41, 5.74) is 2.56. The summed E-state index contributed by atoms with van der Waals surface area (Å²) in [6.45, 7) is 5.89. The topological polar surface area (TPSA) is 66.8 Å². The summed E-state index contributed by atoms with van der Waals surface area (Å²) in [6.07, 6.45) is 3.89. The van der Waals surface area contributed by atoms with Crippen LogP contribution in [0, 0.1) is 6.92 Å². The lowest BCUT2D eigenvalue weighted by Gasteiger charge is -2.31. The molecule has 2 fully saturated rings. The molecule has 5 heteroatoms. The van der Waals surface area contributed by atoms with Crippen LogP contribution in [0.2, 0.25) is 0 Å². The quantitative estimate of drug-likeness (QED) is 0.414. The molecule has 2 aromatic carbocycles. The molecule has 162 valence electrons. The molecule has 2 aromatic rings. The smallest absolute Gasteiger partial charge is 0.295 e. The molecule has 1 atom stereocenters. The number of ether oxygens (including phenoxy) is 1. The average Bonchev–Trinajstić information content (AvgIpc) is 3.35. The lowest BCUT2D eigenvalue weighted by Crippen LogP contribution is -2.37. The number of hydrogen-bond acceptors (Lipinski definition) is 4. The van der Waals surface area contributed by atoms with E-state index in [0.717, 1.165) is 42.6 Å². The van der Waals surface area contributed by atoms with E-state index in [1.807, 2.05) is 57.2 Å². The zero-order chi connectivity index (χ0) is 22.1. The van der Waals surface area contributed by atoms with Crippen LogP contribution in [0.25, 0.3) is 5.76 Å². The second-order valence-electron chi connectivity index (χ2n) is 8.75. The maximum Gasteiger partial charge on any atom is 0.295 e. The van der Waals surface area contributed by atoms with Gasteiger partial charge in [0.2, 0.25) is 0 Å². The molecule has 1 unspecified atom stereocenters. The Labute approximate surface area is 183 Å². The fraction of sp³-hybridized carbons (Fsp3) is 0.385. The van der Waals surface area contributed by atoms with Gasteiger partial charge in [-0.25, -0.2) is 0 Å². The van der Waals surface area contributed by atoms with E-state index in [9.17, 15) is 14.7 Å². The van der Waals surface area contributed by atoms with Crippen molar-refractivity contribution >= 4 is 17.4 Å². The van der Waals surface area contributed by atoms with Gasteiger partial charge in [-0.1, -0.05) is 54.8 Å². The number of aryl methyl sites for hydroxylation is 1. The molecule has 0 aromatic heterocycles. The third kappa shape index (κ3) is 4.09. The fourth-order valence-electron chi connectivity index (χ4n) is 4.60. The minimum Gasteiger partial charge on any atom is -0.507 e. The van der Waals surface area contributed by atoms with Gasteiger partial charge in [0.25, 0.3) is 11.7 Å². The van der Waals surface area contributed by atoms with Crippen LogP contribution in [0.5, 0.6) is 5.75 Å². The fourth-order valence-corrected chi connectivity index (χ4v) is 4.60. The molecule has 4 rings (SSSR count). The number of benzene rings is 2. The van der Waals surface area contributed by atoms with Gasteiger partial charge in [-0.05, 0) is 51.3 Å². The zero-order valence-corrected chi connectivity index (χ0v) is 18.3. The summed E-state index contributed by atoms with van der Waals surface area (Å²) >= 11 is 0. The van der Waals surface area contributed by atoms with E-state index in [2.05, 4.69) is 0 Å². The van der Waals surface area contributed by atoms with Crippen molar-refractivity contribution in [1.29, 1.82) is 0 Å². The lowest BCUT2D eigenvalue weighted by molar-refractivity contribution is -0.141. The van der Waals surface area contributed by atoms with Crippen molar-refractivity contribution in [3.05, 3.63) is 70.8 Å². The number of rotatable bonds is 5. The third-order valence-electron chi connectivity index (χ3n) is 6.09. The van der Waals surface area contributed by atoms with Gasteiger partial charge in [-0.3, -0.25) is 9.59 Å². The number of hydrogen-bond donors (Lipinski definition) is 1. The number of amides is 1. The van der Waals surface area contributed by atoms with Crippen molar-refractivity contribution in [1.82, 2.24) is 4.90 Å². The van der Waals surface area contributed by atoms with Crippen molar-refractivity contribution in [2.45, 2.75) is 64.6 Å². The molecule has 1 heterocycles. The maximum absolute atomic E-state index is 13.1. The van der Waals surface area contributed by atoms with Gasteiger partial charge in [0.15, 0.2) is 0 Å². The highest BCUT2D eigenvalue weighted by molar-refractivity contribution is 6.46. The van der Waals surface area contributed by atoms with Gasteiger partial charge in [-0.15, -0.1) is 0 Å². The van der Waals surface area contributed by atoms with Gasteiger partial charge < -0.3 is 14.7 Å². The van der Waals surface area contributed by atoms with Crippen LogP contribution in [-0.4, -0.2) is 33.8 Å². The van der Waals surface area contributed by atoms with Crippen molar-refractivity contribution in [2.24, 2.45) is 0 Å². The number of carbonyl (C=O) groups excluding carboxylic acids is 2. The highest BCUT2D eigenvalue weighted by Crippen LogP contribution is 2.43. The Kier molecular flexibility index (Phi) is 5.86. The molecule has 31 heavy (non-hydrogen) atoms. The van der Waals surface area contributed by atoms with Crippen LogP contribution in [-0.2, 0) is 9.59 Å². The van der Waals surface area contributed by atoms with Gasteiger partial charge >= 0.3 is 0 Å². The van der Waals surface area contributed by atoms with Gasteiger partial charge in [-0.2, -0.15) is 0 Å². The molecule has 0 radical (unpaired) electrons. The number of aliphatic hydroxyl groups is 1. The van der Waals surface area contributed by atoms with Gasteiger partial charge in [0.1, 0.15) is 11.5 Å². The lowest BCUT2D eigenvalue weighted by atomic mass is 9.94. The van der Waals surface area contributed by atoms with E-state index in [-0.39, 0.29) is 23.5 Å². The number of carbonyl (C=O) groups is 2. The Morgan fingerprint density at radius 1 is 1.00 bits per heavy atom. The minimum atomic E-state index is -0.613. The Morgan fingerprint density at radius 3 is 2.19 bits per heavy atom. The number of Topliss-reactive ketones (excluding diaryl/α,β-unsaturated/α-hetero) is 1. The molecule has 1 saturated carbocycles. The first-order valence-corrected chi connectivity index (χ1v) is 11.0. The first kappa shape index (κ1) is 21.2. The summed E-state index contributed by atoms with van der Waals surface area (Å²) in [5.74, 6) is -0.521. The molecule has 0 spiro atoms. The molecule has 1 amide bonds. The highest BCUT2D eigenvalue weighted by atomic mass is 16.5. The Morgan fingerprint density at radius 2 is 1.61 bits per heavy atom. The summed E-state index contributed by atoms with van der Waals surface area (Å²) in [6, 6.07) is 14.2. The SMILES string of the molecule is Cc1ccc(/C(O)=C2/C(=O)C(=O)N(C3CCCC3)C2c2ccc(OC(C)C)cc2)cc1. The Balaban J connectivity index is 1.81. The number of likely N-dealkylation sites (tertiary alicyclic amines) is 1. The van der Waals surface area contributed by atoms with Crippen LogP contribution in [0.1, 0.15) is 62.3 Å². The normalized spacial score (nSPS) is 21.3. The van der Waals surface area contributed by atoms with E-state index in [4.69, 9.17) is 4.74 Å². The first-order valence-electron chi connectivity index (χ1n) is 11.0. The van der Waals surface area contributed by atoms with E-state index >= 15 is 0 Å². The summed E-state index contributed by atoms with van der Waals surface area (Å²) < 4.78 is 5.75. The molecule has 1 aliphatic heterocycles. The molecule has 2 aliphatic rings. The Hall–Kier alpha value is -3.08. The van der Waals surface area contributed by atoms with Gasteiger partial charge in [0, 0.05) is 11.6 Å². The zero-order valence-electron chi connectivity index (χ0n) is 18.3. The molecular formula is C26H29NO4. The van der Waals surface area contributed by atoms with Crippen LogP contribution < -0.4 is 4.74 Å². The largest absolute Gasteiger partial charge is 0.507 e. The Bertz CT molecular complexity index is 999. The summed E-state index contributed by atoms with van der Waals surface area (Å²) in [7, 11) is 0. The van der Waals surface area contributed by atoms with E-state index in [1.54, 1.807) is 17.0 Å². The number of ketones is 1. The monoisotopic (exact) mass is 419 g/mol. The van der Waals surface area contributed by atoms with Crippen LogP contribution >= 0.6 is 0 Å². The molecular weight excluding hydrogens is 390 g/mol. The van der Waals surface area contributed by atoms with Crippen LogP contribution in [0.4, 0.5) is 0 Å². The predicted octanol–water partition coefficient (Wildman–Crippen LogP) is 5.15. The van der Waals surface area contributed by atoms with E-state index < -0.39 is 17.7 Å². The molecule has 0 bridgehead atoms. The molecule has 1 aliphatic carbocycles. The van der Waals surface area contributed by atoms with Crippen molar-refractivity contribution < 1.29 is 19.4 Å². The number of nitrogens with zero attached hydrogens (tertiary/aromatic N) is 1. The van der Waals surface area contributed by atoms with Gasteiger partial charge in [0.05, 0.1) is 17.7 Å². The second-order valence-corrected chi connectivity index (χ2v) is 8.75. The van der Waals surface area contributed by atoms with E-state index in [1.165, 1.54) is 0 Å². The van der Waals surface area contributed by atoms with Crippen molar-refractivity contribution in [3.8, 4) is 5.75 Å². The second kappa shape index (κ2) is 8.58. The molecule has 5 nitrogen and oxygen atoms in total. The summed E-state index contributed by atoms with van der Waals surface area (Å²) in [4.78, 5) is 27.9.